The lowest BCUT2D eigenvalue weighted by Crippen LogP contribution is -2.47. The fourth-order valence-electron chi connectivity index (χ4n) is 4.46. The molecular formula is C22H28FN3O3. The second kappa shape index (κ2) is 7.44. The number of nitrogens with one attached hydrogen (secondary N) is 1. The second-order valence-electron chi connectivity index (χ2n) is 9.08. The first kappa shape index (κ1) is 19.9. The van der Waals surface area contributed by atoms with Gasteiger partial charge in [0, 0.05) is 37.3 Å². The molecule has 1 fully saturated rings. The van der Waals surface area contributed by atoms with E-state index in [2.05, 4.69) is 10.2 Å². The summed E-state index contributed by atoms with van der Waals surface area (Å²) in [6, 6.07) is 6.59. The highest BCUT2D eigenvalue weighted by atomic mass is 19.1. The quantitative estimate of drug-likeness (QED) is 0.858. The SMILES string of the molecule is CC(C)(C)OC(=O)NC1CCN(CC2Cc3c(F)ccc4ccc(=O)n2c34)CC1. The van der Waals surface area contributed by atoms with Crippen molar-refractivity contribution in [1.29, 1.82) is 0 Å². The molecule has 4 rings (SSSR count). The smallest absolute Gasteiger partial charge is 0.407 e. The molecule has 0 spiro atoms. The lowest BCUT2D eigenvalue weighted by Gasteiger charge is -2.34. The highest BCUT2D eigenvalue weighted by Gasteiger charge is 2.31. The van der Waals surface area contributed by atoms with E-state index in [1.807, 2.05) is 20.8 Å². The van der Waals surface area contributed by atoms with Gasteiger partial charge in [-0.3, -0.25) is 4.79 Å². The van der Waals surface area contributed by atoms with Crippen LogP contribution in [0.25, 0.3) is 10.9 Å². The van der Waals surface area contributed by atoms with Gasteiger partial charge < -0.3 is 19.5 Å². The molecule has 1 atom stereocenters. The first-order valence-electron chi connectivity index (χ1n) is 10.3. The van der Waals surface area contributed by atoms with Crippen molar-refractivity contribution in [3.63, 3.8) is 0 Å². The number of hydrogen-bond donors (Lipinski definition) is 1. The van der Waals surface area contributed by atoms with E-state index in [4.69, 9.17) is 4.74 Å². The molecule has 7 heteroatoms. The molecule has 156 valence electrons. The van der Waals surface area contributed by atoms with Gasteiger partial charge in [-0.2, -0.15) is 0 Å². The molecule has 0 bridgehead atoms. The van der Waals surface area contributed by atoms with Gasteiger partial charge in [0.05, 0.1) is 11.6 Å². The molecule has 0 radical (unpaired) electrons. The highest BCUT2D eigenvalue weighted by molar-refractivity contribution is 5.84. The molecule has 1 aromatic carbocycles. The predicted molar refractivity (Wildman–Crippen MR) is 110 cm³/mol. The lowest BCUT2D eigenvalue weighted by molar-refractivity contribution is 0.0476. The number of amides is 1. The summed E-state index contributed by atoms with van der Waals surface area (Å²) in [6.07, 6.45) is 1.81. The Morgan fingerprint density at radius 3 is 2.59 bits per heavy atom. The normalized spacial score (nSPS) is 20.2. The minimum absolute atomic E-state index is 0.0616. The van der Waals surface area contributed by atoms with Crippen molar-refractivity contribution in [1.82, 2.24) is 14.8 Å². The number of alkyl carbamates (subject to hydrolysis) is 1. The first-order chi connectivity index (χ1) is 13.7. The van der Waals surface area contributed by atoms with Gasteiger partial charge >= 0.3 is 6.09 Å². The number of aromatic nitrogens is 1. The fraction of sp³-hybridized carbons (Fsp3) is 0.545. The highest BCUT2D eigenvalue weighted by Crippen LogP contribution is 2.33. The van der Waals surface area contributed by atoms with Gasteiger partial charge in [-0.05, 0) is 63.6 Å². The van der Waals surface area contributed by atoms with Crippen LogP contribution in [-0.4, -0.2) is 46.8 Å². The van der Waals surface area contributed by atoms with Crippen molar-refractivity contribution in [2.24, 2.45) is 0 Å². The maximum absolute atomic E-state index is 14.3. The number of piperidine rings is 1. The Morgan fingerprint density at radius 2 is 1.90 bits per heavy atom. The summed E-state index contributed by atoms with van der Waals surface area (Å²) < 4.78 is 21.4. The standard InChI is InChI=1S/C22H28FN3O3/c1-22(2,3)29-21(28)24-15-8-10-25(11-9-15)13-16-12-17-18(23)6-4-14-5-7-19(27)26(16)20(14)17/h4-7,15-16H,8-13H2,1-3H3,(H,24,28). The number of likely N-dealkylation sites (tertiary alicyclic amines) is 1. The van der Waals surface area contributed by atoms with E-state index in [-0.39, 0.29) is 29.6 Å². The number of halogens is 1. The minimum Gasteiger partial charge on any atom is -0.444 e. The van der Waals surface area contributed by atoms with E-state index in [9.17, 15) is 14.0 Å². The Kier molecular flexibility index (Phi) is 5.11. The zero-order valence-electron chi connectivity index (χ0n) is 17.2. The van der Waals surface area contributed by atoms with Crippen LogP contribution in [0.5, 0.6) is 0 Å². The largest absolute Gasteiger partial charge is 0.444 e. The summed E-state index contributed by atoms with van der Waals surface area (Å²) in [7, 11) is 0. The lowest BCUT2D eigenvalue weighted by atomic mass is 10.0. The van der Waals surface area contributed by atoms with Crippen LogP contribution in [0.3, 0.4) is 0 Å². The number of carbonyl (C=O) groups is 1. The number of hydrogen-bond acceptors (Lipinski definition) is 4. The average molecular weight is 401 g/mol. The molecule has 3 heterocycles. The Morgan fingerprint density at radius 1 is 1.21 bits per heavy atom. The third kappa shape index (κ3) is 4.15. The number of rotatable bonds is 3. The number of ether oxygens (including phenoxy) is 1. The van der Waals surface area contributed by atoms with Crippen LogP contribution in [0.4, 0.5) is 9.18 Å². The minimum atomic E-state index is -0.508. The third-order valence-corrected chi connectivity index (χ3v) is 5.72. The van der Waals surface area contributed by atoms with E-state index in [0.717, 1.165) is 36.8 Å². The van der Waals surface area contributed by atoms with Crippen LogP contribution in [-0.2, 0) is 11.2 Å². The van der Waals surface area contributed by atoms with E-state index in [1.54, 1.807) is 22.8 Å². The second-order valence-corrected chi connectivity index (χ2v) is 9.08. The molecule has 2 aliphatic heterocycles. The molecule has 29 heavy (non-hydrogen) atoms. The zero-order chi connectivity index (χ0) is 20.8. The van der Waals surface area contributed by atoms with Crippen molar-refractivity contribution < 1.29 is 13.9 Å². The Labute approximate surface area is 169 Å². The van der Waals surface area contributed by atoms with Crippen molar-refractivity contribution >= 4 is 17.0 Å². The van der Waals surface area contributed by atoms with Gasteiger partial charge in [0.15, 0.2) is 0 Å². The average Bonchev–Trinajstić information content (AvgIpc) is 3.01. The molecule has 0 saturated carbocycles. The molecule has 1 amide bonds. The zero-order valence-corrected chi connectivity index (χ0v) is 17.2. The van der Waals surface area contributed by atoms with Crippen LogP contribution in [0.15, 0.2) is 29.1 Å². The molecule has 1 unspecified atom stereocenters. The van der Waals surface area contributed by atoms with Crippen LogP contribution in [0, 0.1) is 5.82 Å². The Balaban J connectivity index is 1.39. The summed E-state index contributed by atoms with van der Waals surface area (Å²) >= 11 is 0. The number of nitrogens with zero attached hydrogens (tertiary/aromatic N) is 2. The maximum Gasteiger partial charge on any atom is 0.407 e. The monoisotopic (exact) mass is 401 g/mol. The van der Waals surface area contributed by atoms with Crippen LogP contribution in [0.1, 0.15) is 45.2 Å². The van der Waals surface area contributed by atoms with Crippen LogP contribution in [0.2, 0.25) is 0 Å². The summed E-state index contributed by atoms with van der Waals surface area (Å²) in [5.41, 5.74) is 0.801. The summed E-state index contributed by atoms with van der Waals surface area (Å²) in [5, 5.41) is 3.85. The van der Waals surface area contributed by atoms with Crippen LogP contribution >= 0.6 is 0 Å². The molecule has 6 nitrogen and oxygen atoms in total. The van der Waals surface area contributed by atoms with Gasteiger partial charge in [-0.25, -0.2) is 9.18 Å². The van der Waals surface area contributed by atoms with Gasteiger partial charge in [0.2, 0.25) is 0 Å². The topological polar surface area (TPSA) is 63.6 Å². The summed E-state index contributed by atoms with van der Waals surface area (Å²) in [4.78, 5) is 26.8. The molecule has 2 aliphatic rings. The number of benzene rings is 1. The maximum atomic E-state index is 14.3. The number of carbonyl (C=O) groups excluding carboxylic acids is 1. The number of pyridine rings is 1. The van der Waals surface area contributed by atoms with E-state index >= 15 is 0 Å². The van der Waals surface area contributed by atoms with Gasteiger partial charge in [-0.1, -0.05) is 0 Å². The van der Waals surface area contributed by atoms with Gasteiger partial charge in [-0.15, -0.1) is 0 Å². The Hall–Kier alpha value is -2.41. The molecule has 2 aromatic rings. The predicted octanol–water partition coefficient (Wildman–Crippen LogP) is 3.23. The van der Waals surface area contributed by atoms with E-state index in [0.29, 0.717) is 18.5 Å². The molecular weight excluding hydrogens is 373 g/mol. The molecule has 0 aliphatic carbocycles. The van der Waals surface area contributed by atoms with E-state index < -0.39 is 5.60 Å². The van der Waals surface area contributed by atoms with Crippen LogP contribution < -0.4 is 10.9 Å². The Bertz CT molecular complexity index is 987. The van der Waals surface area contributed by atoms with Gasteiger partial charge in [0.25, 0.3) is 5.56 Å². The summed E-state index contributed by atoms with van der Waals surface area (Å²) in [6.45, 7) is 7.88. The molecule has 1 saturated heterocycles. The molecule has 1 N–H and O–H groups in total. The first-order valence-corrected chi connectivity index (χ1v) is 10.3. The molecule has 1 aromatic heterocycles. The van der Waals surface area contributed by atoms with E-state index in [1.165, 1.54) is 6.07 Å². The fourth-order valence-corrected chi connectivity index (χ4v) is 4.46. The van der Waals surface area contributed by atoms with Crippen molar-refractivity contribution in [2.45, 2.75) is 57.7 Å². The van der Waals surface area contributed by atoms with Crippen molar-refractivity contribution in [3.8, 4) is 0 Å². The van der Waals surface area contributed by atoms with Crippen molar-refractivity contribution in [3.05, 3.63) is 46.0 Å². The van der Waals surface area contributed by atoms with Crippen molar-refractivity contribution in [2.75, 3.05) is 19.6 Å². The third-order valence-electron chi connectivity index (χ3n) is 5.72. The van der Waals surface area contributed by atoms with Gasteiger partial charge in [0.1, 0.15) is 11.4 Å². The summed E-state index contributed by atoms with van der Waals surface area (Å²) in [5.74, 6) is -0.236.